The fourth-order valence-corrected chi connectivity index (χ4v) is 2.27. The number of carboxylic acid groups (broad SMARTS) is 1. The van der Waals surface area contributed by atoms with Crippen LogP contribution in [0.2, 0.25) is 0 Å². The number of aliphatic carboxylic acids is 1. The summed E-state index contributed by atoms with van der Waals surface area (Å²) < 4.78 is 0. The van der Waals surface area contributed by atoms with E-state index in [0.717, 1.165) is 19.3 Å². The lowest BCUT2D eigenvalue weighted by Crippen LogP contribution is -2.45. The Bertz CT molecular complexity index is 292. The third kappa shape index (κ3) is 4.64. The average molecular weight is 256 g/mol. The minimum atomic E-state index is -0.873. The van der Waals surface area contributed by atoms with E-state index in [2.05, 4.69) is 5.32 Å². The van der Waals surface area contributed by atoms with Gasteiger partial charge in [0.05, 0.1) is 0 Å². The molecular formula is C13H24N2O3. The van der Waals surface area contributed by atoms with Crippen LogP contribution >= 0.6 is 0 Å². The topological polar surface area (TPSA) is 69.6 Å². The molecule has 0 spiro atoms. The predicted molar refractivity (Wildman–Crippen MR) is 69.4 cm³/mol. The summed E-state index contributed by atoms with van der Waals surface area (Å²) in [7, 11) is 0. The molecule has 1 atom stereocenters. The third-order valence-electron chi connectivity index (χ3n) is 3.25. The summed E-state index contributed by atoms with van der Waals surface area (Å²) in [5.41, 5.74) is 0. The first-order valence-electron chi connectivity index (χ1n) is 6.78. The number of amides is 1. The number of rotatable bonds is 5. The van der Waals surface area contributed by atoms with Gasteiger partial charge in [0, 0.05) is 25.6 Å². The number of likely N-dealkylation sites (tertiary alicyclic amines) is 1. The van der Waals surface area contributed by atoms with Gasteiger partial charge in [0.2, 0.25) is 5.91 Å². The van der Waals surface area contributed by atoms with Crippen molar-refractivity contribution in [2.75, 3.05) is 13.1 Å². The number of hydrogen-bond donors (Lipinski definition) is 2. The van der Waals surface area contributed by atoms with Crippen LogP contribution in [0.25, 0.3) is 0 Å². The maximum Gasteiger partial charge on any atom is 0.326 e. The highest BCUT2D eigenvalue weighted by atomic mass is 16.4. The Morgan fingerprint density at radius 2 is 2.06 bits per heavy atom. The van der Waals surface area contributed by atoms with Crippen LogP contribution in [0, 0.1) is 0 Å². The summed E-state index contributed by atoms with van der Waals surface area (Å²) in [4.78, 5) is 24.8. The lowest BCUT2D eigenvalue weighted by molar-refractivity contribution is -0.150. The molecule has 1 fully saturated rings. The van der Waals surface area contributed by atoms with E-state index in [9.17, 15) is 14.7 Å². The van der Waals surface area contributed by atoms with Crippen molar-refractivity contribution in [3.8, 4) is 0 Å². The van der Waals surface area contributed by atoms with Gasteiger partial charge in [-0.25, -0.2) is 4.79 Å². The lowest BCUT2D eigenvalue weighted by atomic mass is 10.1. The summed E-state index contributed by atoms with van der Waals surface area (Å²) in [6.45, 7) is 5.24. The maximum absolute atomic E-state index is 12.1. The van der Waals surface area contributed by atoms with Crippen molar-refractivity contribution < 1.29 is 14.7 Å². The Morgan fingerprint density at radius 1 is 1.33 bits per heavy atom. The normalized spacial score (nSPS) is 20.8. The lowest BCUT2D eigenvalue weighted by Gasteiger charge is -2.27. The molecule has 1 aliphatic rings. The summed E-state index contributed by atoms with van der Waals surface area (Å²) >= 11 is 0. The Kier molecular flexibility index (Phi) is 6.12. The number of nitrogens with zero attached hydrogens (tertiary/aromatic N) is 1. The second-order valence-corrected chi connectivity index (χ2v) is 5.15. The molecule has 0 bridgehead atoms. The molecular weight excluding hydrogens is 232 g/mol. The van der Waals surface area contributed by atoms with Crippen LogP contribution < -0.4 is 5.32 Å². The van der Waals surface area contributed by atoms with Gasteiger partial charge < -0.3 is 15.3 Å². The van der Waals surface area contributed by atoms with E-state index in [1.165, 1.54) is 0 Å². The Morgan fingerprint density at radius 3 is 2.67 bits per heavy atom. The van der Waals surface area contributed by atoms with Crippen molar-refractivity contribution >= 4 is 11.9 Å². The van der Waals surface area contributed by atoms with Crippen LogP contribution in [-0.2, 0) is 9.59 Å². The van der Waals surface area contributed by atoms with Gasteiger partial charge in [0.25, 0.3) is 0 Å². The second-order valence-electron chi connectivity index (χ2n) is 5.15. The molecule has 0 radical (unpaired) electrons. The van der Waals surface area contributed by atoms with E-state index >= 15 is 0 Å². The molecule has 1 unspecified atom stereocenters. The Hall–Kier alpha value is -1.10. The van der Waals surface area contributed by atoms with Gasteiger partial charge in [0.1, 0.15) is 6.04 Å². The van der Waals surface area contributed by atoms with Crippen molar-refractivity contribution in [3.63, 3.8) is 0 Å². The zero-order valence-electron chi connectivity index (χ0n) is 11.3. The summed E-state index contributed by atoms with van der Waals surface area (Å²) in [6, 6.07) is -0.281. The Labute approximate surface area is 109 Å². The molecule has 0 aromatic rings. The molecule has 0 saturated carbocycles. The number of carboxylic acids is 1. The largest absolute Gasteiger partial charge is 0.480 e. The quantitative estimate of drug-likeness (QED) is 0.776. The number of carbonyl (C=O) groups excluding carboxylic acids is 1. The van der Waals surface area contributed by atoms with E-state index in [1.54, 1.807) is 4.90 Å². The second kappa shape index (κ2) is 7.36. The highest BCUT2D eigenvalue weighted by Crippen LogP contribution is 2.17. The SMILES string of the molecule is CC(C)NCCC(=O)N1CCCCCC1C(=O)O. The minimum Gasteiger partial charge on any atom is -0.480 e. The van der Waals surface area contributed by atoms with Crippen LogP contribution in [0.1, 0.15) is 46.0 Å². The van der Waals surface area contributed by atoms with Gasteiger partial charge in [-0.2, -0.15) is 0 Å². The summed E-state index contributed by atoms with van der Waals surface area (Å²) in [6.07, 6.45) is 3.77. The van der Waals surface area contributed by atoms with Gasteiger partial charge in [-0.15, -0.1) is 0 Å². The van der Waals surface area contributed by atoms with Crippen molar-refractivity contribution in [2.45, 2.75) is 58.0 Å². The van der Waals surface area contributed by atoms with E-state index in [0.29, 0.717) is 32.0 Å². The number of nitrogens with one attached hydrogen (secondary N) is 1. The van der Waals surface area contributed by atoms with E-state index < -0.39 is 12.0 Å². The minimum absolute atomic E-state index is 0.0440. The zero-order chi connectivity index (χ0) is 13.5. The highest BCUT2D eigenvalue weighted by Gasteiger charge is 2.30. The first-order chi connectivity index (χ1) is 8.52. The van der Waals surface area contributed by atoms with Crippen molar-refractivity contribution in [2.24, 2.45) is 0 Å². The van der Waals surface area contributed by atoms with Gasteiger partial charge in [-0.3, -0.25) is 4.79 Å². The first-order valence-corrected chi connectivity index (χ1v) is 6.78. The zero-order valence-corrected chi connectivity index (χ0v) is 11.3. The molecule has 5 heteroatoms. The van der Waals surface area contributed by atoms with Crippen molar-refractivity contribution in [1.82, 2.24) is 10.2 Å². The Balaban J connectivity index is 2.53. The van der Waals surface area contributed by atoms with E-state index in [4.69, 9.17) is 0 Å². The molecule has 18 heavy (non-hydrogen) atoms. The van der Waals surface area contributed by atoms with Crippen LogP contribution in [-0.4, -0.2) is 47.1 Å². The molecule has 104 valence electrons. The fourth-order valence-electron chi connectivity index (χ4n) is 2.27. The molecule has 1 saturated heterocycles. The van der Waals surface area contributed by atoms with Crippen LogP contribution in [0.15, 0.2) is 0 Å². The third-order valence-corrected chi connectivity index (χ3v) is 3.25. The maximum atomic E-state index is 12.1. The predicted octanol–water partition coefficient (Wildman–Crippen LogP) is 1.23. The monoisotopic (exact) mass is 256 g/mol. The van der Waals surface area contributed by atoms with E-state index in [1.807, 2.05) is 13.8 Å². The first kappa shape index (κ1) is 15.0. The van der Waals surface area contributed by atoms with Crippen LogP contribution in [0.4, 0.5) is 0 Å². The number of hydrogen-bond acceptors (Lipinski definition) is 3. The molecule has 0 aliphatic carbocycles. The molecule has 1 aliphatic heterocycles. The molecule has 1 rings (SSSR count). The smallest absolute Gasteiger partial charge is 0.326 e. The molecule has 2 N–H and O–H groups in total. The van der Waals surface area contributed by atoms with Gasteiger partial charge in [0.15, 0.2) is 0 Å². The molecule has 0 aromatic heterocycles. The van der Waals surface area contributed by atoms with Gasteiger partial charge in [-0.05, 0) is 12.8 Å². The summed E-state index contributed by atoms with van der Waals surface area (Å²) in [5, 5.41) is 12.4. The standard InChI is InChI=1S/C13H24N2O3/c1-10(2)14-8-7-12(16)15-9-5-3-4-6-11(15)13(17)18/h10-11,14H,3-9H2,1-2H3,(H,17,18). The van der Waals surface area contributed by atoms with Crippen molar-refractivity contribution in [3.05, 3.63) is 0 Å². The van der Waals surface area contributed by atoms with Gasteiger partial charge in [-0.1, -0.05) is 26.7 Å². The summed E-state index contributed by atoms with van der Waals surface area (Å²) in [5.74, 6) is -0.917. The molecule has 1 amide bonds. The molecule has 1 heterocycles. The molecule has 5 nitrogen and oxygen atoms in total. The average Bonchev–Trinajstić information content (AvgIpc) is 2.53. The fraction of sp³-hybridized carbons (Fsp3) is 0.846. The van der Waals surface area contributed by atoms with Gasteiger partial charge >= 0.3 is 5.97 Å². The van der Waals surface area contributed by atoms with Crippen LogP contribution in [0.5, 0.6) is 0 Å². The van der Waals surface area contributed by atoms with Crippen molar-refractivity contribution in [1.29, 1.82) is 0 Å². The molecule has 0 aromatic carbocycles. The highest BCUT2D eigenvalue weighted by molar-refractivity contribution is 5.83. The van der Waals surface area contributed by atoms with E-state index in [-0.39, 0.29) is 5.91 Å². The van der Waals surface area contributed by atoms with Crippen LogP contribution in [0.3, 0.4) is 0 Å². The number of carbonyl (C=O) groups is 2.